The van der Waals surface area contributed by atoms with Crippen LogP contribution in [0.15, 0.2) is 78.9 Å². The molecule has 2 amide bonds. The quantitative estimate of drug-likeness (QED) is 0.522. The second-order valence-electron chi connectivity index (χ2n) is 6.37. The molecule has 0 atom stereocenters. The fraction of sp³-hybridized carbons (Fsp3) is 0.0870. The Kier molecular flexibility index (Phi) is 6.78. The number of benzene rings is 3. The molecule has 7 nitrogen and oxygen atoms in total. The molecule has 0 aliphatic rings. The molecule has 0 unspecified atom stereocenters. The molecular weight excluding hydrogens is 382 g/mol. The Morgan fingerprint density at radius 3 is 2.13 bits per heavy atom. The normalized spacial score (nSPS) is 10.0. The van der Waals surface area contributed by atoms with Crippen molar-refractivity contribution in [2.75, 3.05) is 29.6 Å². The van der Waals surface area contributed by atoms with E-state index in [0.29, 0.717) is 28.2 Å². The first kappa shape index (κ1) is 20.6. The van der Waals surface area contributed by atoms with E-state index in [1.54, 1.807) is 72.8 Å². The second-order valence-corrected chi connectivity index (χ2v) is 6.37. The molecule has 0 spiro atoms. The highest BCUT2D eigenvalue weighted by Crippen LogP contribution is 2.16. The highest BCUT2D eigenvalue weighted by molar-refractivity contribution is 6.04. The molecular formula is C23H21N3O4. The summed E-state index contributed by atoms with van der Waals surface area (Å²) < 4.78 is 4.64. The molecule has 0 aromatic heterocycles. The van der Waals surface area contributed by atoms with E-state index in [4.69, 9.17) is 0 Å². The molecule has 0 saturated carbocycles. The summed E-state index contributed by atoms with van der Waals surface area (Å²) in [5.41, 5.74) is 2.85. The van der Waals surface area contributed by atoms with Crippen molar-refractivity contribution in [1.29, 1.82) is 0 Å². The first-order valence-corrected chi connectivity index (χ1v) is 9.24. The van der Waals surface area contributed by atoms with E-state index in [0.717, 1.165) is 0 Å². The fourth-order valence-corrected chi connectivity index (χ4v) is 2.69. The summed E-state index contributed by atoms with van der Waals surface area (Å²) in [5.74, 6) is -0.894. The van der Waals surface area contributed by atoms with Crippen LogP contribution in [0.4, 0.5) is 17.1 Å². The molecule has 7 heteroatoms. The number of methoxy groups -OCH3 is 1. The predicted molar refractivity (Wildman–Crippen MR) is 116 cm³/mol. The van der Waals surface area contributed by atoms with Crippen molar-refractivity contribution in [2.24, 2.45) is 0 Å². The summed E-state index contributed by atoms with van der Waals surface area (Å²) in [7, 11) is 1.31. The van der Waals surface area contributed by atoms with Crippen LogP contribution in [0.5, 0.6) is 0 Å². The van der Waals surface area contributed by atoms with Gasteiger partial charge in [-0.3, -0.25) is 9.59 Å². The van der Waals surface area contributed by atoms with Gasteiger partial charge in [-0.2, -0.15) is 0 Å². The zero-order valence-electron chi connectivity index (χ0n) is 16.3. The minimum absolute atomic E-state index is 0.0365. The number of hydrogen-bond donors (Lipinski definition) is 3. The largest absolute Gasteiger partial charge is 0.465 e. The minimum atomic E-state index is -0.436. The van der Waals surface area contributed by atoms with Gasteiger partial charge in [0, 0.05) is 22.6 Å². The number of esters is 1. The molecule has 30 heavy (non-hydrogen) atoms. The third kappa shape index (κ3) is 5.68. The van der Waals surface area contributed by atoms with Crippen LogP contribution >= 0.6 is 0 Å². The number of amides is 2. The van der Waals surface area contributed by atoms with E-state index >= 15 is 0 Å². The van der Waals surface area contributed by atoms with Gasteiger partial charge in [-0.15, -0.1) is 0 Å². The van der Waals surface area contributed by atoms with Gasteiger partial charge in [0.15, 0.2) is 0 Å². The van der Waals surface area contributed by atoms with Gasteiger partial charge in [-0.25, -0.2) is 4.79 Å². The zero-order valence-corrected chi connectivity index (χ0v) is 16.3. The van der Waals surface area contributed by atoms with E-state index in [2.05, 4.69) is 20.7 Å². The average Bonchev–Trinajstić information content (AvgIpc) is 2.78. The maximum Gasteiger partial charge on any atom is 0.337 e. The highest BCUT2D eigenvalue weighted by atomic mass is 16.5. The van der Waals surface area contributed by atoms with Gasteiger partial charge in [0.25, 0.3) is 5.91 Å². The molecule has 3 aromatic rings. The van der Waals surface area contributed by atoms with Crippen molar-refractivity contribution in [3.05, 3.63) is 90.0 Å². The lowest BCUT2D eigenvalue weighted by Crippen LogP contribution is -2.21. The van der Waals surface area contributed by atoms with E-state index in [9.17, 15) is 14.4 Å². The van der Waals surface area contributed by atoms with Gasteiger partial charge in [-0.05, 0) is 54.6 Å². The SMILES string of the molecule is COC(=O)c1ccc(NC(=O)CNc2cccc(NC(=O)c3ccccc3)c2)cc1. The number of anilines is 3. The predicted octanol–water partition coefficient (Wildman–Crippen LogP) is 3.78. The van der Waals surface area contributed by atoms with Crippen LogP contribution in [-0.2, 0) is 9.53 Å². The number of carbonyl (C=O) groups is 3. The van der Waals surface area contributed by atoms with Crippen LogP contribution in [0.1, 0.15) is 20.7 Å². The molecule has 3 N–H and O–H groups in total. The lowest BCUT2D eigenvalue weighted by atomic mass is 10.2. The third-order valence-electron chi connectivity index (χ3n) is 4.20. The van der Waals surface area contributed by atoms with Crippen molar-refractivity contribution in [3.8, 4) is 0 Å². The lowest BCUT2D eigenvalue weighted by Gasteiger charge is -2.10. The summed E-state index contributed by atoms with van der Waals surface area (Å²) in [6, 6.07) is 22.4. The molecule has 3 aromatic carbocycles. The molecule has 3 rings (SSSR count). The van der Waals surface area contributed by atoms with Gasteiger partial charge in [0.2, 0.25) is 5.91 Å². The minimum Gasteiger partial charge on any atom is -0.465 e. The van der Waals surface area contributed by atoms with E-state index < -0.39 is 5.97 Å². The zero-order chi connectivity index (χ0) is 21.3. The fourth-order valence-electron chi connectivity index (χ4n) is 2.69. The van der Waals surface area contributed by atoms with Gasteiger partial charge in [-0.1, -0.05) is 24.3 Å². The summed E-state index contributed by atoms with van der Waals surface area (Å²) >= 11 is 0. The number of nitrogens with one attached hydrogen (secondary N) is 3. The van der Waals surface area contributed by atoms with Crippen molar-refractivity contribution in [1.82, 2.24) is 0 Å². The van der Waals surface area contributed by atoms with Gasteiger partial charge < -0.3 is 20.7 Å². The number of carbonyl (C=O) groups excluding carboxylic acids is 3. The standard InChI is InChI=1S/C23H21N3O4/c1-30-23(29)17-10-12-18(13-11-17)25-21(27)15-24-19-8-5-9-20(14-19)26-22(28)16-6-3-2-4-7-16/h2-14,24H,15H2,1H3,(H,25,27)(H,26,28). The molecule has 0 saturated heterocycles. The summed E-state index contributed by atoms with van der Waals surface area (Å²) in [5, 5.41) is 8.59. The van der Waals surface area contributed by atoms with Crippen molar-refractivity contribution in [2.45, 2.75) is 0 Å². The van der Waals surface area contributed by atoms with E-state index in [1.165, 1.54) is 7.11 Å². The van der Waals surface area contributed by atoms with Crippen LogP contribution in [-0.4, -0.2) is 31.4 Å². The first-order chi connectivity index (χ1) is 14.5. The van der Waals surface area contributed by atoms with Crippen molar-refractivity contribution >= 4 is 34.8 Å². The van der Waals surface area contributed by atoms with Crippen LogP contribution < -0.4 is 16.0 Å². The van der Waals surface area contributed by atoms with E-state index in [1.807, 2.05) is 6.07 Å². The van der Waals surface area contributed by atoms with Gasteiger partial charge in [0.05, 0.1) is 19.2 Å². The lowest BCUT2D eigenvalue weighted by molar-refractivity contribution is -0.114. The Morgan fingerprint density at radius 1 is 0.733 bits per heavy atom. The average molecular weight is 403 g/mol. The number of hydrogen-bond acceptors (Lipinski definition) is 5. The molecule has 152 valence electrons. The Balaban J connectivity index is 1.53. The van der Waals surface area contributed by atoms with Gasteiger partial charge in [0.1, 0.15) is 0 Å². The molecule has 0 radical (unpaired) electrons. The maximum atomic E-state index is 12.3. The van der Waals surface area contributed by atoms with E-state index in [-0.39, 0.29) is 18.4 Å². The topological polar surface area (TPSA) is 96.5 Å². The number of ether oxygens (including phenoxy) is 1. The molecule has 0 fully saturated rings. The Labute approximate surface area is 174 Å². The molecule has 0 aliphatic heterocycles. The first-order valence-electron chi connectivity index (χ1n) is 9.24. The van der Waals surface area contributed by atoms with Crippen molar-refractivity contribution < 1.29 is 19.1 Å². The Bertz CT molecular complexity index is 1030. The Hall–Kier alpha value is -4.13. The summed E-state index contributed by atoms with van der Waals surface area (Å²) in [6.07, 6.45) is 0. The third-order valence-corrected chi connectivity index (χ3v) is 4.20. The van der Waals surface area contributed by atoms with Crippen LogP contribution in [0.2, 0.25) is 0 Å². The van der Waals surface area contributed by atoms with Crippen LogP contribution in [0.3, 0.4) is 0 Å². The monoisotopic (exact) mass is 403 g/mol. The highest BCUT2D eigenvalue weighted by Gasteiger charge is 2.08. The summed E-state index contributed by atoms with van der Waals surface area (Å²) in [6.45, 7) is 0.0365. The number of rotatable bonds is 7. The second kappa shape index (κ2) is 9.88. The molecule has 0 heterocycles. The smallest absolute Gasteiger partial charge is 0.337 e. The maximum absolute atomic E-state index is 12.3. The Morgan fingerprint density at radius 2 is 1.43 bits per heavy atom. The van der Waals surface area contributed by atoms with Gasteiger partial charge >= 0.3 is 5.97 Å². The molecule has 0 bridgehead atoms. The molecule has 0 aliphatic carbocycles. The summed E-state index contributed by atoms with van der Waals surface area (Å²) in [4.78, 5) is 35.9. The van der Waals surface area contributed by atoms with Crippen LogP contribution in [0.25, 0.3) is 0 Å². The van der Waals surface area contributed by atoms with Crippen molar-refractivity contribution in [3.63, 3.8) is 0 Å². The van der Waals surface area contributed by atoms with Crippen LogP contribution in [0, 0.1) is 0 Å².